The number of aliphatic hydroxyl groups is 1. The summed E-state index contributed by atoms with van der Waals surface area (Å²) >= 11 is 0. The highest BCUT2D eigenvalue weighted by molar-refractivity contribution is 7.81. The Hall–Kier alpha value is -1.89. The molecule has 4 aliphatic rings. The zero-order chi connectivity index (χ0) is 42.1. The minimum atomic E-state index is -5.04. The molecule has 4 rings (SSSR count). The summed E-state index contributed by atoms with van der Waals surface area (Å²) in [6.45, 7) is 17.1. The van der Waals surface area contributed by atoms with Crippen LogP contribution in [-0.2, 0) is 57.8 Å². The van der Waals surface area contributed by atoms with E-state index in [1.165, 1.54) is 6.92 Å². The normalized spacial score (nSPS) is 36.6. The minimum absolute atomic E-state index is 0.0171. The van der Waals surface area contributed by atoms with Gasteiger partial charge in [-0.25, -0.2) is 8.37 Å². The minimum Gasteiger partial charge on any atom is -0.459 e. The van der Waals surface area contributed by atoms with E-state index in [4.69, 9.17) is 22.6 Å². The summed E-state index contributed by atoms with van der Waals surface area (Å²) in [7, 11) is -10.0. The summed E-state index contributed by atoms with van der Waals surface area (Å²) in [5.41, 5.74) is -1.34. The second-order valence-corrected chi connectivity index (χ2v) is 20.0. The van der Waals surface area contributed by atoms with Crippen LogP contribution in [0.25, 0.3) is 0 Å². The fourth-order valence-electron chi connectivity index (χ4n) is 12.1. The van der Waals surface area contributed by atoms with Crippen molar-refractivity contribution in [1.82, 2.24) is 0 Å². The first-order valence-electron chi connectivity index (χ1n) is 20.5. The van der Waals surface area contributed by atoms with Crippen LogP contribution in [0.3, 0.4) is 0 Å². The van der Waals surface area contributed by atoms with Gasteiger partial charge in [-0.1, -0.05) is 55.4 Å². The van der Waals surface area contributed by atoms with Gasteiger partial charge >= 0.3 is 38.7 Å². The van der Waals surface area contributed by atoms with Crippen molar-refractivity contribution in [1.29, 1.82) is 0 Å². The molecular weight excluding hydrogens is 773 g/mol. The van der Waals surface area contributed by atoms with Crippen LogP contribution in [0, 0.1) is 58.2 Å². The zero-order valence-corrected chi connectivity index (χ0v) is 36.1. The number of ether oxygens (including phenoxy) is 3. The first kappa shape index (κ1) is 46.8. The van der Waals surface area contributed by atoms with Crippen molar-refractivity contribution in [2.24, 2.45) is 58.2 Å². The zero-order valence-electron chi connectivity index (χ0n) is 34.4. The van der Waals surface area contributed by atoms with Gasteiger partial charge in [-0.3, -0.25) is 23.5 Å². The Labute approximate surface area is 333 Å². The number of carbonyl (C=O) groups is 3. The highest BCUT2D eigenvalue weighted by atomic mass is 32.3. The Morgan fingerprint density at radius 2 is 1.36 bits per heavy atom. The molecule has 0 radical (unpaired) electrons. The predicted molar refractivity (Wildman–Crippen MR) is 203 cm³/mol. The number of hydrogen-bond acceptors (Lipinski definition) is 13. The molecule has 0 amide bonds. The van der Waals surface area contributed by atoms with Crippen LogP contribution in [0.2, 0.25) is 0 Å². The summed E-state index contributed by atoms with van der Waals surface area (Å²) in [4.78, 5) is 39.4. The van der Waals surface area contributed by atoms with E-state index in [0.717, 1.165) is 0 Å². The SMILES string of the molecule is CCCC(=O)OC(C(CC)C(C)C)C(OC(=O)CCC)[C@@H](C)[C@H]1[C@@H](O)[C@H](OC(C)=O)C2C3CCC4C[C@H](OS(=O)(=O)O)[C@@H](OS(=O)(=O)O)C[C@]4(C)C3CC[C@@]21C. The van der Waals surface area contributed by atoms with E-state index in [2.05, 4.69) is 6.92 Å². The van der Waals surface area contributed by atoms with Gasteiger partial charge in [0.25, 0.3) is 0 Å². The van der Waals surface area contributed by atoms with Gasteiger partial charge in [-0.15, -0.1) is 0 Å². The quantitative estimate of drug-likeness (QED) is 0.0882. The first-order chi connectivity index (χ1) is 25.9. The van der Waals surface area contributed by atoms with Crippen LogP contribution >= 0.6 is 0 Å². The van der Waals surface area contributed by atoms with Gasteiger partial charge in [0.1, 0.15) is 30.5 Å². The van der Waals surface area contributed by atoms with Crippen LogP contribution in [-0.4, -0.2) is 85.6 Å². The molecule has 0 aromatic carbocycles. The maximum atomic E-state index is 13.4. The molecule has 15 nitrogen and oxygen atoms in total. The molecule has 0 aliphatic heterocycles. The molecule has 0 saturated heterocycles. The molecule has 0 aromatic rings. The molecule has 4 saturated carbocycles. The average molecular weight is 839 g/mol. The number of esters is 3. The molecule has 56 heavy (non-hydrogen) atoms. The molecule has 0 aromatic heterocycles. The standard InChI is InChI=1S/C39H66O15S2/c1-10-13-30(41)51-35(36(25(12-3)21(4)5)52-31(42)14-11-2)22(6)32-34(43)37(50-23(7)40)33-26-16-15-24-19-28(53-55(44,45)46)29(54-56(47,48)49)20-39(24,9)27(26)17-18-38(32,33)8/h21-22,24-29,32-37,43H,10-20H2,1-9H3,(H,44,45,46)(H,47,48,49)/t22-,24?,25?,26?,27?,28-,29-,32-,33?,34+,35?,36?,37+,38+,39-/m0/s1. The van der Waals surface area contributed by atoms with Crippen molar-refractivity contribution in [3.63, 3.8) is 0 Å². The molecule has 3 N–H and O–H groups in total. The number of rotatable bonds is 17. The lowest BCUT2D eigenvalue weighted by Gasteiger charge is -2.62. The van der Waals surface area contributed by atoms with E-state index >= 15 is 0 Å². The molecule has 7 unspecified atom stereocenters. The monoisotopic (exact) mass is 838 g/mol. The molecule has 4 aliphatic carbocycles. The molecule has 17 heteroatoms. The second-order valence-electron chi connectivity index (χ2n) is 17.9. The Morgan fingerprint density at radius 1 is 0.804 bits per heavy atom. The van der Waals surface area contributed by atoms with Crippen LogP contribution in [0.4, 0.5) is 0 Å². The lowest BCUT2D eigenvalue weighted by molar-refractivity contribution is -0.188. The third-order valence-corrected chi connectivity index (χ3v) is 15.1. The van der Waals surface area contributed by atoms with Gasteiger partial charge in [0.15, 0.2) is 0 Å². The van der Waals surface area contributed by atoms with Crippen LogP contribution in [0.1, 0.15) is 133 Å². The van der Waals surface area contributed by atoms with E-state index < -0.39 is 104 Å². The summed E-state index contributed by atoms with van der Waals surface area (Å²) in [6.07, 6.45) is -2.21. The maximum absolute atomic E-state index is 13.4. The maximum Gasteiger partial charge on any atom is 0.397 e. The molecular formula is C39H66O15S2. The Kier molecular flexibility index (Phi) is 15.2. The topological polar surface area (TPSA) is 226 Å². The van der Waals surface area contributed by atoms with Gasteiger partial charge in [0.05, 0.1) is 6.10 Å². The molecule has 0 bridgehead atoms. The fraction of sp³-hybridized carbons (Fsp3) is 0.923. The number of carbonyl (C=O) groups excluding carboxylic acids is 3. The van der Waals surface area contributed by atoms with Gasteiger partial charge in [0, 0.05) is 43.4 Å². The van der Waals surface area contributed by atoms with Gasteiger partial charge in [-0.2, -0.15) is 16.8 Å². The molecule has 0 heterocycles. The average Bonchev–Trinajstić information content (AvgIpc) is 3.27. The molecule has 4 fully saturated rings. The Balaban J connectivity index is 1.80. The molecule has 15 atom stereocenters. The van der Waals surface area contributed by atoms with E-state index in [1.54, 1.807) is 0 Å². The number of hydrogen-bond donors (Lipinski definition) is 3. The highest BCUT2D eigenvalue weighted by Crippen LogP contribution is 2.69. The summed E-state index contributed by atoms with van der Waals surface area (Å²) in [5.74, 6) is -3.52. The van der Waals surface area contributed by atoms with Crippen molar-refractivity contribution < 1.29 is 68.0 Å². The van der Waals surface area contributed by atoms with E-state index in [-0.39, 0.29) is 55.3 Å². The second kappa shape index (κ2) is 18.2. The molecule has 0 spiro atoms. The van der Waals surface area contributed by atoms with Crippen molar-refractivity contribution in [2.75, 3.05) is 0 Å². The summed E-state index contributed by atoms with van der Waals surface area (Å²) < 4.78 is 95.2. The predicted octanol–water partition coefficient (Wildman–Crippen LogP) is 5.89. The third-order valence-electron chi connectivity index (χ3n) is 14.1. The van der Waals surface area contributed by atoms with E-state index in [0.29, 0.717) is 44.9 Å². The van der Waals surface area contributed by atoms with E-state index in [1.807, 2.05) is 48.5 Å². The number of aliphatic hydroxyl groups excluding tert-OH is 1. The summed E-state index contributed by atoms with van der Waals surface area (Å²) in [5, 5.41) is 12.5. The fourth-order valence-corrected chi connectivity index (χ4v) is 13.1. The number of fused-ring (bicyclic) bond motifs is 5. The lowest BCUT2D eigenvalue weighted by Crippen LogP contribution is -2.59. The van der Waals surface area contributed by atoms with Crippen LogP contribution < -0.4 is 0 Å². The van der Waals surface area contributed by atoms with Gasteiger partial charge in [0.2, 0.25) is 0 Å². The van der Waals surface area contributed by atoms with Crippen molar-refractivity contribution in [3.8, 4) is 0 Å². The van der Waals surface area contributed by atoms with Crippen molar-refractivity contribution in [3.05, 3.63) is 0 Å². The van der Waals surface area contributed by atoms with Crippen molar-refractivity contribution >= 4 is 38.7 Å². The highest BCUT2D eigenvalue weighted by Gasteiger charge is 2.69. The smallest absolute Gasteiger partial charge is 0.397 e. The largest absolute Gasteiger partial charge is 0.459 e. The Morgan fingerprint density at radius 3 is 1.86 bits per heavy atom. The molecule has 324 valence electrons. The van der Waals surface area contributed by atoms with Gasteiger partial charge < -0.3 is 19.3 Å². The lowest BCUT2D eigenvalue weighted by atomic mass is 9.44. The van der Waals surface area contributed by atoms with Crippen LogP contribution in [0.5, 0.6) is 0 Å². The van der Waals surface area contributed by atoms with Crippen molar-refractivity contribution in [2.45, 2.75) is 170 Å². The van der Waals surface area contributed by atoms with Gasteiger partial charge in [-0.05, 0) is 92.3 Å². The summed E-state index contributed by atoms with van der Waals surface area (Å²) in [6, 6.07) is 0. The first-order valence-corrected chi connectivity index (χ1v) is 23.2. The third kappa shape index (κ3) is 10.1. The Bertz CT molecular complexity index is 1620. The van der Waals surface area contributed by atoms with E-state index in [9.17, 15) is 45.4 Å². The van der Waals surface area contributed by atoms with Crippen LogP contribution in [0.15, 0.2) is 0 Å².